The number of hydrogen-bond donors (Lipinski definition) is 1. The number of aromatic nitrogens is 1. The Kier molecular flexibility index (Phi) is 3.38. The molecule has 0 saturated carbocycles. The molecule has 1 heterocycles. The number of ether oxygens (including phenoxy) is 1. The second-order valence-electron chi connectivity index (χ2n) is 3.32. The van der Waals surface area contributed by atoms with Crippen LogP contribution in [0.1, 0.15) is 4.88 Å². The summed E-state index contributed by atoms with van der Waals surface area (Å²) in [5, 5.41) is 11.1. The predicted octanol–water partition coefficient (Wildman–Crippen LogP) is 2.35. The fraction of sp³-hybridized carbons (Fsp3) is 0.100. The monoisotopic (exact) mass is 269 g/mol. The highest BCUT2D eigenvalue weighted by atomic mass is 32.1. The number of nitro benzene ring substituents is 1. The van der Waals surface area contributed by atoms with E-state index in [1.165, 1.54) is 23.6 Å². The summed E-state index contributed by atoms with van der Waals surface area (Å²) in [5.41, 5.74) is 5.03. The van der Waals surface area contributed by atoms with Gasteiger partial charge in [-0.15, -0.1) is 0 Å². The van der Waals surface area contributed by atoms with Gasteiger partial charge in [0.15, 0.2) is 10.9 Å². The lowest BCUT2D eigenvalue weighted by molar-refractivity contribution is -0.386. The van der Waals surface area contributed by atoms with Gasteiger partial charge in [0, 0.05) is 6.20 Å². The predicted molar refractivity (Wildman–Crippen MR) is 63.9 cm³/mol. The molecule has 94 valence electrons. The van der Waals surface area contributed by atoms with Crippen LogP contribution in [0, 0.1) is 15.9 Å². The van der Waals surface area contributed by atoms with Crippen LogP contribution in [0.15, 0.2) is 24.4 Å². The first kappa shape index (κ1) is 12.2. The van der Waals surface area contributed by atoms with Crippen LogP contribution in [-0.2, 0) is 6.61 Å². The molecule has 0 spiro atoms. The zero-order chi connectivity index (χ0) is 13.1. The van der Waals surface area contributed by atoms with E-state index >= 15 is 0 Å². The van der Waals surface area contributed by atoms with Crippen LogP contribution in [0.5, 0.6) is 5.75 Å². The average Bonchev–Trinajstić information content (AvgIpc) is 2.73. The lowest BCUT2D eigenvalue weighted by atomic mass is 10.3. The van der Waals surface area contributed by atoms with Gasteiger partial charge in [0.05, 0.1) is 15.9 Å². The number of nitrogen functional groups attached to an aromatic ring is 1. The van der Waals surface area contributed by atoms with Crippen LogP contribution in [0.2, 0.25) is 0 Å². The van der Waals surface area contributed by atoms with Crippen molar-refractivity contribution in [2.75, 3.05) is 5.73 Å². The van der Waals surface area contributed by atoms with Gasteiger partial charge in [0.1, 0.15) is 12.4 Å². The average molecular weight is 269 g/mol. The fourth-order valence-electron chi connectivity index (χ4n) is 1.29. The maximum Gasteiger partial charge on any atom is 0.313 e. The number of nitrogens with zero attached hydrogens (tertiary/aromatic N) is 2. The van der Waals surface area contributed by atoms with E-state index in [9.17, 15) is 14.5 Å². The molecule has 18 heavy (non-hydrogen) atoms. The topological polar surface area (TPSA) is 91.3 Å². The summed E-state index contributed by atoms with van der Waals surface area (Å²) in [6.45, 7) is 0.0986. The number of nitro groups is 1. The minimum Gasteiger partial charge on any atom is -0.481 e. The van der Waals surface area contributed by atoms with Crippen molar-refractivity contribution in [1.29, 1.82) is 0 Å². The Balaban J connectivity index is 2.16. The number of nitrogens with two attached hydrogens (primary N) is 1. The van der Waals surface area contributed by atoms with Crippen molar-refractivity contribution in [1.82, 2.24) is 4.98 Å². The van der Waals surface area contributed by atoms with E-state index in [4.69, 9.17) is 10.5 Å². The Morgan fingerprint density at radius 3 is 2.94 bits per heavy atom. The molecule has 0 bridgehead atoms. The van der Waals surface area contributed by atoms with Gasteiger partial charge in [-0.3, -0.25) is 10.1 Å². The molecule has 8 heteroatoms. The molecular weight excluding hydrogens is 261 g/mol. The van der Waals surface area contributed by atoms with Crippen molar-refractivity contribution in [3.05, 3.63) is 45.2 Å². The van der Waals surface area contributed by atoms with Gasteiger partial charge in [-0.05, 0) is 12.1 Å². The third kappa shape index (κ3) is 2.72. The van der Waals surface area contributed by atoms with Crippen LogP contribution in [0.25, 0.3) is 0 Å². The molecule has 0 aliphatic rings. The summed E-state index contributed by atoms with van der Waals surface area (Å²) in [4.78, 5) is 14.6. The molecule has 1 aromatic carbocycles. The van der Waals surface area contributed by atoms with E-state index in [0.717, 1.165) is 17.0 Å². The van der Waals surface area contributed by atoms with Gasteiger partial charge in [-0.1, -0.05) is 11.3 Å². The van der Waals surface area contributed by atoms with Gasteiger partial charge < -0.3 is 10.5 Å². The highest BCUT2D eigenvalue weighted by Gasteiger charge is 2.16. The number of halogens is 1. The van der Waals surface area contributed by atoms with Crippen molar-refractivity contribution < 1.29 is 14.1 Å². The minimum absolute atomic E-state index is 0.00775. The molecular formula is C10H8FN3O3S. The van der Waals surface area contributed by atoms with Gasteiger partial charge in [-0.2, -0.15) is 0 Å². The summed E-state index contributed by atoms with van der Waals surface area (Å²) in [5.74, 6) is -0.676. The summed E-state index contributed by atoms with van der Waals surface area (Å²) < 4.78 is 18.1. The van der Waals surface area contributed by atoms with Crippen molar-refractivity contribution in [2.45, 2.75) is 6.61 Å². The highest BCUT2D eigenvalue weighted by Crippen LogP contribution is 2.28. The van der Waals surface area contributed by atoms with Crippen LogP contribution < -0.4 is 10.5 Å². The zero-order valence-corrected chi connectivity index (χ0v) is 9.82. The third-order valence-corrected chi connectivity index (χ3v) is 2.86. The third-order valence-electron chi connectivity index (χ3n) is 2.06. The smallest absolute Gasteiger partial charge is 0.313 e. The SMILES string of the molecule is Nc1ncc(COc2ccc(F)cc2[N+](=O)[O-])s1. The molecule has 0 fully saturated rings. The number of thiazole rings is 1. The normalized spacial score (nSPS) is 10.3. The lowest BCUT2D eigenvalue weighted by Gasteiger charge is -2.04. The molecule has 2 aromatic rings. The summed E-state index contributed by atoms with van der Waals surface area (Å²) in [7, 11) is 0. The number of benzene rings is 1. The Morgan fingerprint density at radius 1 is 1.56 bits per heavy atom. The number of anilines is 1. The Morgan fingerprint density at radius 2 is 2.33 bits per heavy atom. The van der Waals surface area contributed by atoms with Crippen LogP contribution >= 0.6 is 11.3 Å². The zero-order valence-electron chi connectivity index (χ0n) is 9.00. The maximum absolute atomic E-state index is 12.9. The van der Waals surface area contributed by atoms with Gasteiger partial charge in [-0.25, -0.2) is 9.37 Å². The molecule has 0 atom stereocenters. The standard InChI is InChI=1S/C10H8FN3O3S/c11-6-1-2-9(8(3-6)14(15)16)17-5-7-4-13-10(12)18-7/h1-4H,5H2,(H2,12,13). The Bertz CT molecular complexity index is 587. The maximum atomic E-state index is 12.9. The second kappa shape index (κ2) is 4.96. The first-order chi connectivity index (χ1) is 8.56. The lowest BCUT2D eigenvalue weighted by Crippen LogP contribution is -1.98. The first-order valence-corrected chi connectivity index (χ1v) is 5.65. The summed E-state index contributed by atoms with van der Waals surface area (Å²) in [6, 6.07) is 3.14. The van der Waals surface area contributed by atoms with Crippen molar-refractivity contribution >= 4 is 22.2 Å². The minimum atomic E-state index is -0.695. The Labute approximate surface area is 105 Å². The first-order valence-electron chi connectivity index (χ1n) is 4.83. The number of hydrogen-bond acceptors (Lipinski definition) is 6. The van der Waals surface area contributed by atoms with Crippen LogP contribution in [0.3, 0.4) is 0 Å². The highest BCUT2D eigenvalue weighted by molar-refractivity contribution is 7.15. The largest absolute Gasteiger partial charge is 0.481 e. The number of rotatable bonds is 4. The molecule has 0 aliphatic carbocycles. The Hall–Kier alpha value is -2.22. The van der Waals surface area contributed by atoms with Gasteiger partial charge in [0.2, 0.25) is 0 Å². The summed E-state index contributed by atoms with van der Waals surface area (Å²) >= 11 is 1.22. The van der Waals surface area contributed by atoms with E-state index in [1.54, 1.807) is 0 Å². The van der Waals surface area contributed by atoms with Crippen LogP contribution in [-0.4, -0.2) is 9.91 Å². The van der Waals surface area contributed by atoms with E-state index in [0.29, 0.717) is 5.13 Å². The summed E-state index contributed by atoms with van der Waals surface area (Å²) in [6.07, 6.45) is 1.52. The van der Waals surface area contributed by atoms with Crippen molar-refractivity contribution in [3.63, 3.8) is 0 Å². The second-order valence-corrected chi connectivity index (χ2v) is 4.47. The molecule has 0 aliphatic heterocycles. The molecule has 2 rings (SSSR count). The van der Waals surface area contributed by atoms with Crippen molar-refractivity contribution in [3.8, 4) is 5.75 Å². The van der Waals surface area contributed by atoms with Gasteiger partial charge >= 0.3 is 5.69 Å². The van der Waals surface area contributed by atoms with E-state index < -0.39 is 16.4 Å². The van der Waals surface area contributed by atoms with E-state index in [-0.39, 0.29) is 12.4 Å². The van der Waals surface area contributed by atoms with Crippen LogP contribution in [0.4, 0.5) is 15.2 Å². The molecule has 0 amide bonds. The molecule has 0 radical (unpaired) electrons. The fourth-order valence-corrected chi connectivity index (χ4v) is 1.89. The molecule has 6 nitrogen and oxygen atoms in total. The quantitative estimate of drug-likeness (QED) is 0.679. The molecule has 0 saturated heterocycles. The van der Waals surface area contributed by atoms with Gasteiger partial charge in [0.25, 0.3) is 0 Å². The van der Waals surface area contributed by atoms with E-state index in [2.05, 4.69) is 4.98 Å². The van der Waals surface area contributed by atoms with E-state index in [1.807, 2.05) is 0 Å². The molecule has 0 unspecified atom stereocenters. The molecule has 1 aromatic heterocycles. The molecule has 2 N–H and O–H groups in total. The van der Waals surface area contributed by atoms with Crippen molar-refractivity contribution in [2.24, 2.45) is 0 Å².